The number of hydrogen-bond donors (Lipinski definition) is 0. The summed E-state index contributed by atoms with van der Waals surface area (Å²) in [4.78, 5) is 7.50. The Bertz CT molecular complexity index is 3460. The second-order valence-corrected chi connectivity index (χ2v) is 45.9. The molecular weight excluding hydrogens is 1430 g/mol. The Morgan fingerprint density at radius 3 is 0.471 bits per heavy atom. The van der Waals surface area contributed by atoms with Crippen molar-refractivity contribution < 1.29 is 24.3 Å². The van der Waals surface area contributed by atoms with E-state index >= 15 is 0 Å². The average molecular weight is 1540 g/mol. The molecule has 12 aromatic rings. The number of benzene rings is 12. The van der Waals surface area contributed by atoms with E-state index < -0.39 is 45.6 Å². The minimum atomic E-state index is -1.53. The van der Waals surface area contributed by atoms with Gasteiger partial charge in [-0.2, -0.15) is 0 Å². The molecular formula is C94H106OP6Rh+3. The van der Waals surface area contributed by atoms with Gasteiger partial charge < -0.3 is 0 Å². The van der Waals surface area contributed by atoms with E-state index in [0.29, 0.717) is 17.8 Å². The first-order valence-electron chi connectivity index (χ1n) is 36.4. The fourth-order valence-electron chi connectivity index (χ4n) is 13.7. The van der Waals surface area contributed by atoms with Gasteiger partial charge in [-0.25, -0.2) is 0 Å². The van der Waals surface area contributed by atoms with Crippen molar-refractivity contribution in [1.82, 2.24) is 0 Å². The van der Waals surface area contributed by atoms with Gasteiger partial charge in [0.15, 0.2) is 0 Å². The van der Waals surface area contributed by atoms with Crippen LogP contribution in [0.5, 0.6) is 0 Å². The molecule has 0 aromatic heterocycles. The van der Waals surface area contributed by atoms with Gasteiger partial charge >= 0.3 is 19.5 Å². The molecule has 0 fully saturated rings. The van der Waals surface area contributed by atoms with Crippen LogP contribution < -0.4 is 63.7 Å². The van der Waals surface area contributed by atoms with Crippen LogP contribution in [0.15, 0.2) is 364 Å². The van der Waals surface area contributed by atoms with Crippen molar-refractivity contribution in [1.29, 1.82) is 0 Å². The van der Waals surface area contributed by atoms with Crippen LogP contribution in [0, 0.1) is 17.8 Å². The molecule has 8 heteroatoms. The van der Waals surface area contributed by atoms with Crippen LogP contribution in [0.3, 0.4) is 0 Å². The molecule has 0 aliphatic rings. The second kappa shape index (κ2) is 43.7. The van der Waals surface area contributed by atoms with Crippen molar-refractivity contribution in [3.05, 3.63) is 364 Å². The van der Waals surface area contributed by atoms with Crippen molar-refractivity contribution in [3.63, 3.8) is 0 Å². The molecule has 0 saturated heterocycles. The average Bonchev–Trinajstić information content (AvgIpc) is 0.790. The molecule has 3 radical (unpaired) electrons. The van der Waals surface area contributed by atoms with Crippen LogP contribution in [0.1, 0.15) is 60.8 Å². The van der Waals surface area contributed by atoms with Crippen LogP contribution in [-0.2, 0) is 24.3 Å². The summed E-state index contributed by atoms with van der Waals surface area (Å²) in [6.45, 7) is 18.7. The molecule has 0 bridgehead atoms. The number of carbonyl (C=O) groups excluding carboxylic acids is 1. The molecule has 0 N–H and O–H groups in total. The van der Waals surface area contributed by atoms with Crippen molar-refractivity contribution in [3.8, 4) is 0 Å². The van der Waals surface area contributed by atoms with E-state index in [1.165, 1.54) is 107 Å². The Hall–Kier alpha value is -6.49. The molecule has 1 nitrogen and oxygen atoms in total. The van der Waals surface area contributed by atoms with Crippen LogP contribution >= 0.6 is 45.6 Å². The van der Waals surface area contributed by atoms with Crippen molar-refractivity contribution in [2.24, 2.45) is 17.8 Å². The second-order valence-electron chi connectivity index (χ2n) is 27.3. The Morgan fingerprint density at radius 1 is 0.216 bits per heavy atom. The van der Waals surface area contributed by atoms with E-state index in [2.05, 4.69) is 412 Å². The Balaban J connectivity index is 0.000000191. The molecule has 12 aromatic carbocycles. The first-order chi connectivity index (χ1) is 49.6. The summed E-state index contributed by atoms with van der Waals surface area (Å²) in [6.07, 6.45) is 15.1. The molecule has 0 amide bonds. The molecule has 0 saturated carbocycles. The third-order valence-corrected chi connectivity index (χ3v) is 41.6. The van der Waals surface area contributed by atoms with Crippen molar-refractivity contribution in [2.45, 2.75) is 60.8 Å². The monoisotopic (exact) mass is 1540 g/mol. The zero-order valence-corrected chi connectivity index (χ0v) is 67.9. The van der Waals surface area contributed by atoms with E-state index in [9.17, 15) is 0 Å². The molecule has 524 valence electrons. The minimum absolute atomic E-state index is 0. The first-order valence-corrected chi connectivity index (χ1v) is 47.4. The normalized spacial score (nSPS) is 11.5. The summed E-state index contributed by atoms with van der Waals surface area (Å²) >= 11 is 0. The third kappa shape index (κ3) is 23.3. The Labute approximate surface area is 633 Å². The van der Waals surface area contributed by atoms with Crippen molar-refractivity contribution in [2.75, 3.05) is 55.5 Å². The van der Waals surface area contributed by atoms with E-state index in [-0.39, 0.29) is 19.5 Å². The molecule has 0 spiro atoms. The Kier molecular flexibility index (Phi) is 34.8. The predicted octanol–water partition coefficient (Wildman–Crippen LogP) is 19.8. The molecule has 102 heavy (non-hydrogen) atoms. The Morgan fingerprint density at radius 2 is 0.343 bits per heavy atom. The van der Waals surface area contributed by atoms with Gasteiger partial charge in [0.2, 0.25) is 0 Å². The van der Waals surface area contributed by atoms with Gasteiger partial charge in [0.05, 0.1) is 90.6 Å². The van der Waals surface area contributed by atoms with E-state index in [4.69, 9.17) is 4.79 Å². The molecule has 12 rings (SSSR count). The van der Waals surface area contributed by atoms with Gasteiger partial charge in [-0.05, 0) is 165 Å². The van der Waals surface area contributed by atoms with Crippen LogP contribution in [0.4, 0.5) is 0 Å². The quantitative estimate of drug-likeness (QED) is 0.0324. The number of hydrogen-bond acceptors (Lipinski definition) is 1. The molecule has 0 unspecified atom stereocenters. The third-order valence-electron chi connectivity index (χ3n) is 19.3. The van der Waals surface area contributed by atoms with Gasteiger partial charge in [0, 0.05) is 18.5 Å². The van der Waals surface area contributed by atoms with E-state index in [1.54, 1.807) is 31.8 Å². The zero-order valence-electron chi connectivity index (χ0n) is 60.8. The summed E-state index contributed by atoms with van der Waals surface area (Å²) in [5, 5.41) is 18.3. The van der Waals surface area contributed by atoms with Crippen molar-refractivity contribution >= 4 is 116 Å². The standard InChI is InChI=1S/3C31H35P2.CO.Rh.H/c3*1-27(2)23-25-33(30-19-11-5-12-20-30,31-21-13-6-14-22-31)26-24-32(28-15-7-3-8-16-28)29-17-9-4-10-18-29;1-2;;/h3*3-22,27H,23-26H2,1-2H3;;;/q3*+1;;;. The van der Waals surface area contributed by atoms with Gasteiger partial charge in [-0.1, -0.05) is 333 Å². The topological polar surface area (TPSA) is 17.1 Å². The van der Waals surface area contributed by atoms with E-state index in [1.807, 2.05) is 0 Å². The summed E-state index contributed by atoms with van der Waals surface area (Å²) in [7, 11) is -5.78. The van der Waals surface area contributed by atoms with Gasteiger partial charge in [0.25, 0.3) is 6.79 Å². The van der Waals surface area contributed by atoms with Gasteiger partial charge in [-0.3, -0.25) is 4.79 Å². The summed E-state index contributed by atoms with van der Waals surface area (Å²) < 4.78 is 0. The SMILES string of the molecule is CC(C)CC[P+](CCP(c1ccccc1)c1ccccc1)(c1ccccc1)c1ccccc1.CC(C)CC[P+](CCP(c1ccccc1)c1ccccc1)(c1ccccc1)c1ccccc1.CC(C)CC[P+](CCP(c1ccccc1)c1ccccc1)(c1ccccc1)c1ccccc1.[C]=O.[RhH]. The van der Waals surface area contributed by atoms with Crippen LogP contribution in [0.25, 0.3) is 0 Å². The molecule has 0 aliphatic carbocycles. The summed E-state index contributed by atoms with van der Waals surface area (Å²) in [6, 6.07) is 136. The van der Waals surface area contributed by atoms with Gasteiger partial charge in [-0.15, -0.1) is 0 Å². The fraction of sp³-hybridized carbons (Fsp3) is 0.223. The zero-order chi connectivity index (χ0) is 70.8. The fourth-order valence-corrected chi connectivity index (χ4v) is 37.9. The predicted molar refractivity (Wildman–Crippen MR) is 464 cm³/mol. The maximum absolute atomic E-state index is 7.50. The summed E-state index contributed by atoms with van der Waals surface area (Å²) in [5.74, 6) is 2.13. The van der Waals surface area contributed by atoms with Gasteiger partial charge in [0.1, 0.15) is 0 Å². The first kappa shape index (κ1) is 81.2. The molecule has 0 aliphatic heterocycles. The summed E-state index contributed by atoms with van der Waals surface area (Å²) in [5.41, 5.74) is 0. The molecule has 0 heterocycles. The van der Waals surface area contributed by atoms with Crippen LogP contribution in [0.2, 0.25) is 0 Å². The number of rotatable bonds is 30. The van der Waals surface area contributed by atoms with Crippen LogP contribution in [-0.4, -0.2) is 62.2 Å². The maximum atomic E-state index is 7.50. The van der Waals surface area contributed by atoms with E-state index in [0.717, 1.165) is 0 Å². The molecule has 0 atom stereocenters.